The van der Waals surface area contributed by atoms with Crippen LogP contribution in [0.2, 0.25) is 0 Å². The Morgan fingerprint density at radius 1 is 1.53 bits per heavy atom. The molecule has 1 aliphatic rings. The standard InChI is InChI=1S/C10H15N3O3S/c14-8-3-1-7(2-4-8)5-11-10-12-6-9(17-10)13(15)16/h6-8,14H,1-5H2,(H,11,12). The Kier molecular flexibility index (Phi) is 3.90. The van der Waals surface area contributed by atoms with Gasteiger partial charge in [0.25, 0.3) is 0 Å². The highest BCUT2D eigenvalue weighted by atomic mass is 32.1. The summed E-state index contributed by atoms with van der Waals surface area (Å²) in [5.74, 6) is 0.529. The van der Waals surface area contributed by atoms with Gasteiger partial charge < -0.3 is 10.4 Å². The van der Waals surface area contributed by atoms with E-state index in [2.05, 4.69) is 10.3 Å². The lowest BCUT2D eigenvalue weighted by Gasteiger charge is -2.25. The molecule has 2 rings (SSSR count). The number of nitrogens with one attached hydrogen (secondary N) is 1. The van der Waals surface area contributed by atoms with Gasteiger partial charge in [-0.3, -0.25) is 10.1 Å². The first kappa shape index (κ1) is 12.3. The molecule has 2 N–H and O–H groups in total. The second kappa shape index (κ2) is 5.42. The minimum atomic E-state index is -0.431. The van der Waals surface area contributed by atoms with Crippen LogP contribution in [-0.2, 0) is 0 Å². The summed E-state index contributed by atoms with van der Waals surface area (Å²) in [4.78, 5) is 14.0. The zero-order valence-corrected chi connectivity index (χ0v) is 10.2. The highest BCUT2D eigenvalue weighted by Crippen LogP contribution is 2.27. The molecular weight excluding hydrogens is 242 g/mol. The van der Waals surface area contributed by atoms with Crippen molar-refractivity contribution >= 4 is 21.5 Å². The molecule has 7 heteroatoms. The van der Waals surface area contributed by atoms with Crippen molar-refractivity contribution in [2.45, 2.75) is 31.8 Å². The van der Waals surface area contributed by atoms with Crippen LogP contribution in [0.5, 0.6) is 0 Å². The van der Waals surface area contributed by atoms with E-state index in [9.17, 15) is 15.2 Å². The Bertz CT molecular complexity index is 388. The summed E-state index contributed by atoms with van der Waals surface area (Å²) in [6.07, 6.45) is 4.84. The Morgan fingerprint density at radius 2 is 2.24 bits per heavy atom. The Morgan fingerprint density at radius 3 is 2.82 bits per heavy atom. The lowest BCUT2D eigenvalue weighted by atomic mass is 9.87. The zero-order chi connectivity index (χ0) is 12.3. The maximum atomic E-state index is 10.5. The summed E-state index contributed by atoms with van der Waals surface area (Å²) in [5.41, 5.74) is 0. The van der Waals surface area contributed by atoms with Crippen molar-refractivity contribution in [3.63, 3.8) is 0 Å². The monoisotopic (exact) mass is 257 g/mol. The van der Waals surface area contributed by atoms with E-state index in [1.807, 2.05) is 0 Å². The van der Waals surface area contributed by atoms with Crippen LogP contribution >= 0.6 is 11.3 Å². The Hall–Kier alpha value is -1.21. The van der Waals surface area contributed by atoms with Gasteiger partial charge in [0.15, 0.2) is 5.13 Å². The fourth-order valence-electron chi connectivity index (χ4n) is 2.01. The molecule has 1 fully saturated rings. The molecule has 6 nitrogen and oxygen atoms in total. The third-order valence-electron chi connectivity index (χ3n) is 3.03. The molecule has 0 unspecified atom stereocenters. The molecule has 0 amide bonds. The smallest absolute Gasteiger partial charge is 0.345 e. The number of hydrogen-bond acceptors (Lipinski definition) is 6. The molecule has 0 aliphatic heterocycles. The summed E-state index contributed by atoms with van der Waals surface area (Å²) in [5, 5.41) is 23.6. The molecule has 1 heterocycles. The van der Waals surface area contributed by atoms with Gasteiger partial charge in [-0.15, -0.1) is 0 Å². The van der Waals surface area contributed by atoms with Crippen LogP contribution in [-0.4, -0.2) is 27.7 Å². The SMILES string of the molecule is O=[N+]([O-])c1cnc(NCC2CCC(O)CC2)s1. The van der Waals surface area contributed by atoms with Gasteiger partial charge in [-0.1, -0.05) is 0 Å². The molecular formula is C10H15N3O3S. The average molecular weight is 257 g/mol. The molecule has 0 aromatic carbocycles. The third kappa shape index (κ3) is 3.37. The maximum Gasteiger partial charge on any atom is 0.345 e. The van der Waals surface area contributed by atoms with Crippen LogP contribution < -0.4 is 5.32 Å². The number of nitrogens with zero attached hydrogens (tertiary/aromatic N) is 2. The van der Waals surface area contributed by atoms with Crippen molar-refractivity contribution in [3.05, 3.63) is 16.3 Å². The van der Waals surface area contributed by atoms with Gasteiger partial charge in [0.1, 0.15) is 6.20 Å². The Balaban J connectivity index is 1.79. The van der Waals surface area contributed by atoms with Crippen LogP contribution in [0.4, 0.5) is 10.1 Å². The van der Waals surface area contributed by atoms with Gasteiger partial charge in [0, 0.05) is 6.54 Å². The quantitative estimate of drug-likeness (QED) is 0.636. The van der Waals surface area contributed by atoms with E-state index in [4.69, 9.17) is 0 Å². The summed E-state index contributed by atoms with van der Waals surface area (Å²) in [6, 6.07) is 0. The number of rotatable bonds is 4. The number of hydrogen-bond donors (Lipinski definition) is 2. The van der Waals surface area contributed by atoms with E-state index in [-0.39, 0.29) is 11.1 Å². The largest absolute Gasteiger partial charge is 0.393 e. The van der Waals surface area contributed by atoms with Crippen LogP contribution in [0, 0.1) is 16.0 Å². The summed E-state index contributed by atoms with van der Waals surface area (Å²) < 4.78 is 0. The maximum absolute atomic E-state index is 10.5. The average Bonchev–Trinajstić information content (AvgIpc) is 2.77. The van der Waals surface area contributed by atoms with E-state index in [1.165, 1.54) is 6.20 Å². The minimum absolute atomic E-state index is 0.0616. The summed E-state index contributed by atoms with van der Waals surface area (Å²) >= 11 is 1.06. The van der Waals surface area contributed by atoms with Crippen molar-refractivity contribution in [3.8, 4) is 0 Å². The van der Waals surface area contributed by atoms with E-state index >= 15 is 0 Å². The van der Waals surface area contributed by atoms with Crippen LogP contribution in [0.1, 0.15) is 25.7 Å². The molecule has 0 radical (unpaired) electrons. The predicted octanol–water partition coefficient (Wildman–Crippen LogP) is 2.01. The van der Waals surface area contributed by atoms with E-state index in [1.54, 1.807) is 0 Å². The molecule has 1 aromatic heterocycles. The molecule has 94 valence electrons. The van der Waals surface area contributed by atoms with Crippen molar-refractivity contribution in [2.75, 3.05) is 11.9 Å². The summed E-state index contributed by atoms with van der Waals surface area (Å²) in [7, 11) is 0. The van der Waals surface area contributed by atoms with E-state index in [0.29, 0.717) is 11.0 Å². The van der Waals surface area contributed by atoms with Gasteiger partial charge in [0.2, 0.25) is 0 Å². The number of aliphatic hydroxyl groups excluding tert-OH is 1. The number of thiazole rings is 1. The number of nitro groups is 1. The van der Waals surface area contributed by atoms with Crippen molar-refractivity contribution in [2.24, 2.45) is 5.92 Å². The molecule has 0 bridgehead atoms. The normalized spacial score (nSPS) is 24.5. The van der Waals surface area contributed by atoms with E-state index < -0.39 is 4.92 Å². The van der Waals surface area contributed by atoms with Crippen LogP contribution in [0.25, 0.3) is 0 Å². The van der Waals surface area contributed by atoms with Gasteiger partial charge in [-0.05, 0) is 42.9 Å². The van der Waals surface area contributed by atoms with Gasteiger partial charge >= 0.3 is 5.00 Å². The first-order valence-corrected chi connectivity index (χ1v) is 6.49. The van der Waals surface area contributed by atoms with Crippen molar-refractivity contribution in [1.29, 1.82) is 0 Å². The van der Waals surface area contributed by atoms with Crippen molar-refractivity contribution in [1.82, 2.24) is 4.98 Å². The predicted molar refractivity (Wildman–Crippen MR) is 65.2 cm³/mol. The molecule has 1 saturated carbocycles. The Labute approximate surface area is 103 Å². The first-order valence-electron chi connectivity index (χ1n) is 5.67. The fourth-order valence-corrected chi connectivity index (χ4v) is 2.65. The van der Waals surface area contributed by atoms with Gasteiger partial charge in [-0.25, -0.2) is 4.98 Å². The van der Waals surface area contributed by atoms with Gasteiger partial charge in [0.05, 0.1) is 11.0 Å². The molecule has 0 saturated heterocycles. The number of aliphatic hydroxyl groups is 1. The molecule has 0 spiro atoms. The lowest BCUT2D eigenvalue weighted by Crippen LogP contribution is -2.23. The van der Waals surface area contributed by atoms with E-state index in [0.717, 1.165) is 43.6 Å². The second-order valence-corrected chi connectivity index (χ2v) is 5.33. The molecule has 0 atom stereocenters. The van der Waals surface area contributed by atoms with Gasteiger partial charge in [-0.2, -0.15) is 0 Å². The number of anilines is 1. The zero-order valence-electron chi connectivity index (χ0n) is 9.33. The lowest BCUT2D eigenvalue weighted by molar-refractivity contribution is -0.380. The molecule has 1 aliphatic carbocycles. The topological polar surface area (TPSA) is 88.3 Å². The molecule has 1 aromatic rings. The van der Waals surface area contributed by atoms with Crippen LogP contribution in [0.3, 0.4) is 0 Å². The second-order valence-electron chi connectivity index (χ2n) is 4.32. The molecule has 17 heavy (non-hydrogen) atoms. The first-order chi connectivity index (χ1) is 8.15. The number of aromatic nitrogens is 1. The highest BCUT2D eigenvalue weighted by Gasteiger charge is 2.19. The minimum Gasteiger partial charge on any atom is -0.393 e. The fraction of sp³-hybridized carbons (Fsp3) is 0.700. The van der Waals surface area contributed by atoms with Crippen LogP contribution in [0.15, 0.2) is 6.20 Å². The third-order valence-corrected chi connectivity index (χ3v) is 3.94. The highest BCUT2D eigenvalue weighted by molar-refractivity contribution is 7.18. The summed E-state index contributed by atoms with van der Waals surface area (Å²) in [6.45, 7) is 0.775. The van der Waals surface area contributed by atoms with Crippen molar-refractivity contribution < 1.29 is 10.0 Å².